The van der Waals surface area contributed by atoms with E-state index < -0.39 is 11.3 Å². The Balaban J connectivity index is 1.27. The van der Waals surface area contributed by atoms with Crippen molar-refractivity contribution in [2.24, 2.45) is 5.41 Å². The zero-order valence-corrected chi connectivity index (χ0v) is 27.5. The molecule has 48 heavy (non-hydrogen) atoms. The van der Waals surface area contributed by atoms with Gasteiger partial charge in [-0.2, -0.15) is 5.26 Å². The number of ether oxygens (including phenoxy) is 1. The molecule has 0 spiro atoms. The number of fused-ring (bicyclic) bond motifs is 1. The van der Waals surface area contributed by atoms with Gasteiger partial charge in [0.2, 0.25) is 5.91 Å². The molecule has 248 valence electrons. The van der Waals surface area contributed by atoms with Crippen molar-refractivity contribution in [1.29, 1.82) is 5.26 Å². The maximum Gasteiger partial charge on any atom is 0.334 e. The highest BCUT2D eigenvalue weighted by Gasteiger charge is 2.35. The van der Waals surface area contributed by atoms with Gasteiger partial charge in [0.05, 0.1) is 22.7 Å². The maximum absolute atomic E-state index is 14.2. The molecule has 0 bridgehead atoms. The predicted molar refractivity (Wildman–Crippen MR) is 183 cm³/mol. The quantitative estimate of drug-likeness (QED) is 0.234. The number of pyridine rings is 1. The van der Waals surface area contributed by atoms with Crippen LogP contribution in [0.4, 0.5) is 5.82 Å². The number of nitrogens with two attached hydrogens (primary N) is 1. The Labute approximate surface area is 279 Å². The first-order valence-corrected chi connectivity index (χ1v) is 16.2. The van der Waals surface area contributed by atoms with Crippen molar-refractivity contribution in [2.45, 2.75) is 32.7 Å². The third kappa shape index (κ3) is 6.41. The van der Waals surface area contributed by atoms with Crippen LogP contribution in [-0.4, -0.2) is 86.9 Å². The van der Waals surface area contributed by atoms with E-state index in [1.54, 1.807) is 64.7 Å². The van der Waals surface area contributed by atoms with E-state index in [0.29, 0.717) is 60.7 Å². The summed E-state index contributed by atoms with van der Waals surface area (Å²) in [5.41, 5.74) is 6.61. The second-order valence-electron chi connectivity index (χ2n) is 13.0. The molecule has 6 rings (SSSR count). The predicted octanol–water partition coefficient (Wildman–Crippen LogP) is 3.98. The lowest BCUT2D eigenvalue weighted by Gasteiger charge is -2.36. The van der Waals surface area contributed by atoms with E-state index >= 15 is 0 Å². The molecule has 2 aliphatic rings. The highest BCUT2D eigenvalue weighted by Crippen LogP contribution is 2.31. The number of likely N-dealkylation sites (N-methyl/N-ethyl adjacent to an activating group) is 1. The highest BCUT2D eigenvalue weighted by molar-refractivity contribution is 5.99. The van der Waals surface area contributed by atoms with Crippen molar-refractivity contribution in [3.63, 3.8) is 0 Å². The molecule has 2 N–H and O–H groups in total. The minimum atomic E-state index is -1.04. The first kappa shape index (κ1) is 32.5. The van der Waals surface area contributed by atoms with Gasteiger partial charge in [-0.1, -0.05) is 18.2 Å². The molecule has 0 aliphatic carbocycles. The van der Waals surface area contributed by atoms with Gasteiger partial charge in [0, 0.05) is 45.5 Å². The molecule has 2 fully saturated rings. The van der Waals surface area contributed by atoms with Gasteiger partial charge in [-0.3, -0.25) is 18.7 Å². The molecule has 0 unspecified atom stereocenters. The number of nitriles is 1. The summed E-state index contributed by atoms with van der Waals surface area (Å²) in [5, 5.41) is 10.1. The summed E-state index contributed by atoms with van der Waals surface area (Å²) in [7, 11) is 2.02. The van der Waals surface area contributed by atoms with Crippen LogP contribution in [0.1, 0.15) is 32.7 Å². The summed E-state index contributed by atoms with van der Waals surface area (Å²) in [4.78, 5) is 51.2. The van der Waals surface area contributed by atoms with Crippen LogP contribution in [0.3, 0.4) is 0 Å². The monoisotopic (exact) mass is 648 g/mol. The van der Waals surface area contributed by atoms with Gasteiger partial charge in [-0.25, -0.2) is 9.78 Å². The summed E-state index contributed by atoms with van der Waals surface area (Å²) in [5.74, 6) is 0.956. The van der Waals surface area contributed by atoms with Crippen LogP contribution >= 0.6 is 0 Å². The fourth-order valence-corrected chi connectivity index (χ4v) is 6.57. The van der Waals surface area contributed by atoms with Crippen molar-refractivity contribution in [3.8, 4) is 23.3 Å². The Morgan fingerprint density at radius 1 is 0.979 bits per heavy atom. The second-order valence-corrected chi connectivity index (χ2v) is 13.0. The summed E-state index contributed by atoms with van der Waals surface area (Å²) in [6.07, 6.45) is 4.34. The van der Waals surface area contributed by atoms with Crippen LogP contribution in [0.15, 0.2) is 83.3 Å². The smallest absolute Gasteiger partial charge is 0.334 e. The fourth-order valence-electron chi connectivity index (χ4n) is 6.57. The molecular formula is C36H40N8O4. The number of carbonyl (C=O) groups is 2. The Morgan fingerprint density at radius 2 is 1.67 bits per heavy atom. The van der Waals surface area contributed by atoms with Gasteiger partial charge in [0.15, 0.2) is 0 Å². The number of imidazole rings is 1. The van der Waals surface area contributed by atoms with Crippen LogP contribution in [-0.2, 0) is 9.59 Å². The highest BCUT2D eigenvalue weighted by atomic mass is 16.5. The van der Waals surface area contributed by atoms with Gasteiger partial charge in [0.1, 0.15) is 34.5 Å². The van der Waals surface area contributed by atoms with Crippen molar-refractivity contribution in [3.05, 3.63) is 89.0 Å². The van der Waals surface area contributed by atoms with E-state index in [4.69, 9.17) is 10.5 Å². The number of amides is 2. The van der Waals surface area contributed by atoms with E-state index in [0.717, 1.165) is 13.1 Å². The van der Waals surface area contributed by atoms with Gasteiger partial charge in [0.25, 0.3) is 5.91 Å². The minimum Gasteiger partial charge on any atom is -0.457 e. The van der Waals surface area contributed by atoms with E-state index in [-0.39, 0.29) is 35.6 Å². The lowest BCUT2D eigenvalue weighted by atomic mass is 9.88. The molecule has 4 heterocycles. The zero-order chi connectivity index (χ0) is 34.0. The van der Waals surface area contributed by atoms with E-state index in [1.165, 1.54) is 10.6 Å². The number of piperazine rings is 1. The Morgan fingerprint density at radius 3 is 2.35 bits per heavy atom. The number of piperidine rings is 1. The average Bonchev–Trinajstić information content (AvgIpc) is 3.40. The Bertz CT molecular complexity index is 1950. The third-order valence-corrected chi connectivity index (χ3v) is 9.13. The van der Waals surface area contributed by atoms with Gasteiger partial charge >= 0.3 is 5.69 Å². The molecule has 2 aromatic heterocycles. The molecule has 2 aromatic carbocycles. The number of aromatic nitrogens is 3. The number of hydrogen-bond donors (Lipinski definition) is 1. The Kier molecular flexibility index (Phi) is 9.06. The molecule has 0 saturated carbocycles. The maximum atomic E-state index is 14.2. The van der Waals surface area contributed by atoms with Gasteiger partial charge in [-0.05, 0) is 82.3 Å². The zero-order valence-electron chi connectivity index (χ0n) is 27.5. The SMILES string of the molecule is CN1CCN(C(=O)C(C)(C)/C=C(/C#N)C(=O)N2CCC[C@@H](n3c(=O)n(-c4ccc(Oc5ccccc5)cc4)c4c(N)nccc43)C2)CC1. The number of nitrogens with zero attached hydrogens (tertiary/aromatic N) is 7. The number of para-hydroxylation sites is 1. The molecule has 12 nitrogen and oxygen atoms in total. The fraction of sp³-hybridized carbons (Fsp3) is 0.361. The molecule has 2 saturated heterocycles. The first-order chi connectivity index (χ1) is 23.1. The topological polar surface area (TPSA) is 143 Å². The number of carbonyl (C=O) groups excluding carboxylic acids is 2. The van der Waals surface area contributed by atoms with Crippen LogP contribution in [0, 0.1) is 16.7 Å². The van der Waals surface area contributed by atoms with Crippen LogP contribution in [0.5, 0.6) is 11.5 Å². The Hall–Kier alpha value is -5.41. The molecule has 4 aromatic rings. The number of likely N-dealkylation sites (tertiary alicyclic amines) is 1. The van der Waals surface area contributed by atoms with E-state index in [1.807, 2.05) is 37.4 Å². The average molecular weight is 649 g/mol. The van der Waals surface area contributed by atoms with Crippen LogP contribution in [0.25, 0.3) is 16.7 Å². The van der Waals surface area contributed by atoms with Crippen LogP contribution in [0.2, 0.25) is 0 Å². The lowest BCUT2D eigenvalue weighted by molar-refractivity contribution is -0.139. The molecule has 1 atom stereocenters. The summed E-state index contributed by atoms with van der Waals surface area (Å²) in [6.45, 7) is 6.88. The summed E-state index contributed by atoms with van der Waals surface area (Å²) >= 11 is 0. The largest absolute Gasteiger partial charge is 0.457 e. The third-order valence-electron chi connectivity index (χ3n) is 9.13. The molecule has 0 radical (unpaired) electrons. The molecule has 2 amide bonds. The van der Waals surface area contributed by atoms with Crippen LogP contribution < -0.4 is 16.2 Å². The standard InChI is InChI=1S/C36H40N8O4/c1-36(2,34(46)41-20-18-40(3)19-21-41)22-25(23-37)33(45)42-17-7-8-27(24-42)43-30-15-16-39-32(38)31(30)44(35(43)47)26-11-13-29(14-12-26)48-28-9-5-4-6-10-28/h4-6,9-16,22,27H,7-8,17-21,24H2,1-3H3,(H2,38,39)/b25-22-/t27-/m1/s1. The number of hydrogen-bond acceptors (Lipinski definition) is 8. The molecular weight excluding hydrogens is 608 g/mol. The van der Waals surface area contributed by atoms with Gasteiger partial charge in [-0.15, -0.1) is 0 Å². The van der Waals surface area contributed by atoms with Crippen molar-refractivity contribution < 1.29 is 14.3 Å². The number of nitrogen functional groups attached to an aromatic ring is 1. The summed E-state index contributed by atoms with van der Waals surface area (Å²) in [6, 6.07) is 20.0. The normalized spacial score (nSPS) is 17.7. The number of benzene rings is 2. The van der Waals surface area contributed by atoms with Gasteiger partial charge < -0.3 is 25.2 Å². The second kappa shape index (κ2) is 13.4. The number of anilines is 1. The first-order valence-electron chi connectivity index (χ1n) is 16.2. The van der Waals surface area contributed by atoms with E-state index in [2.05, 4.69) is 16.0 Å². The minimum absolute atomic E-state index is 0.0795. The lowest BCUT2D eigenvalue weighted by Crippen LogP contribution is -2.50. The van der Waals surface area contributed by atoms with Crippen molar-refractivity contribution in [2.75, 3.05) is 52.0 Å². The molecule has 12 heteroatoms. The summed E-state index contributed by atoms with van der Waals surface area (Å²) < 4.78 is 9.15. The number of rotatable bonds is 7. The molecule has 2 aliphatic heterocycles. The van der Waals surface area contributed by atoms with E-state index in [9.17, 15) is 19.6 Å². The van der Waals surface area contributed by atoms with Crippen molar-refractivity contribution >= 4 is 28.7 Å². The van der Waals surface area contributed by atoms with Crippen molar-refractivity contribution in [1.82, 2.24) is 28.8 Å².